The minimum Gasteiger partial charge on any atom is -0.454 e. The number of hydrogen-bond donors (Lipinski definition) is 2. The van der Waals surface area contributed by atoms with E-state index in [1.54, 1.807) is 0 Å². The Kier molecular flexibility index (Phi) is 5.95. The van der Waals surface area contributed by atoms with Gasteiger partial charge in [0.1, 0.15) is 5.82 Å². The molecule has 1 aliphatic rings. The molecule has 1 aromatic carbocycles. The number of hydrogen-bond acceptors (Lipinski definition) is 6. The Morgan fingerprint density at radius 2 is 2.04 bits per heavy atom. The van der Waals surface area contributed by atoms with Crippen molar-refractivity contribution in [3.05, 3.63) is 35.4 Å². The van der Waals surface area contributed by atoms with Crippen LogP contribution in [0, 0.1) is 0 Å². The van der Waals surface area contributed by atoms with E-state index >= 15 is 0 Å². The van der Waals surface area contributed by atoms with Crippen LogP contribution in [0.2, 0.25) is 0 Å². The Labute approximate surface area is 159 Å². The standard InChI is InChI=1S/C19H27N5O3/c1-4-14(5-2)24(10-13-6-7-15-16(8-13)27-11-26-15)18(25)9-17-21-19(12(3)20)23-22-17/h6-8,12,14H,4-5,9-11,20H2,1-3H3,(H,21,22,23)/t12-/m1/s1. The topological polar surface area (TPSA) is 106 Å². The smallest absolute Gasteiger partial charge is 0.231 e. The first-order valence-electron chi connectivity index (χ1n) is 9.36. The number of nitrogens with one attached hydrogen (secondary N) is 1. The molecule has 0 radical (unpaired) electrons. The molecule has 1 amide bonds. The van der Waals surface area contributed by atoms with Gasteiger partial charge in [0, 0.05) is 12.6 Å². The van der Waals surface area contributed by atoms with Crippen LogP contribution in [0.3, 0.4) is 0 Å². The second kappa shape index (κ2) is 8.39. The van der Waals surface area contributed by atoms with Crippen molar-refractivity contribution < 1.29 is 14.3 Å². The number of nitrogens with zero attached hydrogens (tertiary/aromatic N) is 3. The normalized spacial score (nSPS) is 13.8. The predicted octanol–water partition coefficient (Wildman–Crippen LogP) is 2.31. The van der Waals surface area contributed by atoms with Gasteiger partial charge in [0.2, 0.25) is 12.7 Å². The van der Waals surface area contributed by atoms with Gasteiger partial charge in [-0.15, -0.1) is 0 Å². The summed E-state index contributed by atoms with van der Waals surface area (Å²) in [7, 11) is 0. The van der Waals surface area contributed by atoms with Crippen LogP contribution in [0.5, 0.6) is 11.5 Å². The highest BCUT2D eigenvalue weighted by Crippen LogP contribution is 2.33. The molecule has 27 heavy (non-hydrogen) atoms. The summed E-state index contributed by atoms with van der Waals surface area (Å²) >= 11 is 0. The van der Waals surface area contributed by atoms with Gasteiger partial charge < -0.3 is 20.1 Å². The molecule has 0 unspecified atom stereocenters. The molecule has 2 aromatic rings. The maximum Gasteiger partial charge on any atom is 0.231 e. The molecule has 1 atom stereocenters. The molecular weight excluding hydrogens is 346 g/mol. The van der Waals surface area contributed by atoms with Crippen molar-refractivity contribution in [3.63, 3.8) is 0 Å². The SMILES string of the molecule is CCC(CC)N(Cc1ccc2c(c1)OCO2)C(=O)Cc1nc([C@@H](C)N)n[nH]1. The zero-order valence-corrected chi connectivity index (χ0v) is 16.1. The zero-order valence-electron chi connectivity index (χ0n) is 16.1. The van der Waals surface area contributed by atoms with E-state index < -0.39 is 0 Å². The highest BCUT2D eigenvalue weighted by Gasteiger charge is 2.24. The minimum absolute atomic E-state index is 0.00809. The quantitative estimate of drug-likeness (QED) is 0.735. The fourth-order valence-electron chi connectivity index (χ4n) is 3.22. The fraction of sp³-hybridized carbons (Fsp3) is 0.526. The first-order valence-corrected chi connectivity index (χ1v) is 9.36. The molecule has 8 nitrogen and oxygen atoms in total. The molecule has 0 fully saturated rings. The molecule has 0 spiro atoms. The molecule has 3 rings (SSSR count). The fourth-order valence-corrected chi connectivity index (χ4v) is 3.22. The Bertz CT molecular complexity index is 785. The summed E-state index contributed by atoms with van der Waals surface area (Å²) in [6.07, 6.45) is 1.93. The third kappa shape index (κ3) is 4.39. The van der Waals surface area contributed by atoms with Crippen LogP contribution in [0.4, 0.5) is 0 Å². The third-order valence-corrected chi connectivity index (χ3v) is 4.77. The molecular formula is C19H27N5O3. The number of H-pyrrole nitrogens is 1. The van der Waals surface area contributed by atoms with Crippen molar-refractivity contribution >= 4 is 5.91 Å². The number of aromatic amines is 1. The van der Waals surface area contributed by atoms with Crippen LogP contribution in [-0.2, 0) is 17.8 Å². The lowest BCUT2D eigenvalue weighted by molar-refractivity contribution is -0.133. The Morgan fingerprint density at radius 1 is 1.30 bits per heavy atom. The van der Waals surface area contributed by atoms with Gasteiger partial charge in [-0.3, -0.25) is 9.89 Å². The second-order valence-corrected chi connectivity index (χ2v) is 6.79. The van der Waals surface area contributed by atoms with E-state index in [2.05, 4.69) is 29.0 Å². The Hall–Kier alpha value is -2.61. The highest BCUT2D eigenvalue weighted by molar-refractivity contribution is 5.78. The lowest BCUT2D eigenvalue weighted by Gasteiger charge is -2.30. The van der Waals surface area contributed by atoms with E-state index in [0.717, 1.165) is 29.9 Å². The van der Waals surface area contributed by atoms with Gasteiger partial charge in [0.25, 0.3) is 0 Å². The van der Waals surface area contributed by atoms with Crippen molar-refractivity contribution in [1.29, 1.82) is 0 Å². The monoisotopic (exact) mass is 373 g/mol. The number of rotatable bonds is 8. The lowest BCUT2D eigenvalue weighted by Crippen LogP contribution is -2.40. The van der Waals surface area contributed by atoms with Crippen LogP contribution in [0.25, 0.3) is 0 Å². The number of fused-ring (bicyclic) bond motifs is 1. The van der Waals surface area contributed by atoms with Crippen molar-refractivity contribution in [2.75, 3.05) is 6.79 Å². The lowest BCUT2D eigenvalue weighted by atomic mass is 10.1. The minimum atomic E-state index is -0.270. The van der Waals surface area contributed by atoms with Crippen molar-refractivity contribution in [1.82, 2.24) is 20.1 Å². The van der Waals surface area contributed by atoms with Gasteiger partial charge in [0.05, 0.1) is 12.5 Å². The molecule has 146 valence electrons. The number of amides is 1. The summed E-state index contributed by atoms with van der Waals surface area (Å²) in [5.74, 6) is 2.52. The first kappa shape index (κ1) is 19.2. The summed E-state index contributed by atoms with van der Waals surface area (Å²) in [6, 6.07) is 5.68. The molecule has 1 aliphatic heterocycles. The Morgan fingerprint density at radius 3 is 2.70 bits per heavy atom. The van der Waals surface area contributed by atoms with Crippen molar-refractivity contribution in [2.45, 2.75) is 58.7 Å². The first-order chi connectivity index (χ1) is 13.0. The predicted molar refractivity (Wildman–Crippen MR) is 100 cm³/mol. The van der Waals surface area contributed by atoms with E-state index in [1.165, 1.54) is 0 Å². The van der Waals surface area contributed by atoms with Crippen LogP contribution >= 0.6 is 0 Å². The number of carbonyl (C=O) groups is 1. The van der Waals surface area contributed by atoms with E-state index in [4.69, 9.17) is 15.2 Å². The van der Waals surface area contributed by atoms with E-state index in [9.17, 15) is 4.79 Å². The van der Waals surface area contributed by atoms with Crippen molar-refractivity contribution in [2.24, 2.45) is 5.73 Å². The highest BCUT2D eigenvalue weighted by atomic mass is 16.7. The largest absolute Gasteiger partial charge is 0.454 e. The van der Waals surface area contributed by atoms with Gasteiger partial charge in [-0.1, -0.05) is 19.9 Å². The number of aromatic nitrogens is 3. The number of nitrogens with two attached hydrogens (primary N) is 1. The molecule has 1 aromatic heterocycles. The summed E-state index contributed by atoms with van der Waals surface area (Å²) in [6.45, 7) is 6.75. The van der Waals surface area contributed by atoms with Gasteiger partial charge in [-0.05, 0) is 37.5 Å². The van der Waals surface area contributed by atoms with E-state index in [-0.39, 0.29) is 31.2 Å². The van der Waals surface area contributed by atoms with Crippen LogP contribution in [0.1, 0.15) is 56.9 Å². The molecule has 3 N–H and O–H groups in total. The molecule has 2 heterocycles. The number of ether oxygens (including phenoxy) is 2. The van der Waals surface area contributed by atoms with Crippen LogP contribution in [-0.4, -0.2) is 38.8 Å². The molecule has 0 saturated carbocycles. The maximum atomic E-state index is 13.0. The van der Waals surface area contributed by atoms with Gasteiger partial charge in [0.15, 0.2) is 17.3 Å². The summed E-state index contributed by atoms with van der Waals surface area (Å²) in [4.78, 5) is 19.3. The third-order valence-electron chi connectivity index (χ3n) is 4.77. The van der Waals surface area contributed by atoms with Gasteiger partial charge in [-0.2, -0.15) is 5.10 Å². The molecule has 0 saturated heterocycles. The van der Waals surface area contributed by atoms with Crippen molar-refractivity contribution in [3.8, 4) is 11.5 Å². The molecule has 8 heteroatoms. The van der Waals surface area contributed by atoms with E-state index in [1.807, 2.05) is 30.0 Å². The van der Waals surface area contributed by atoms with Crippen LogP contribution in [0.15, 0.2) is 18.2 Å². The summed E-state index contributed by atoms with van der Waals surface area (Å²) in [5.41, 5.74) is 6.80. The van der Waals surface area contributed by atoms with Gasteiger partial charge >= 0.3 is 0 Å². The van der Waals surface area contributed by atoms with Crippen LogP contribution < -0.4 is 15.2 Å². The number of benzene rings is 1. The average Bonchev–Trinajstić information content (AvgIpc) is 3.30. The Balaban J connectivity index is 1.76. The molecule has 0 aliphatic carbocycles. The van der Waals surface area contributed by atoms with Gasteiger partial charge in [-0.25, -0.2) is 4.98 Å². The van der Waals surface area contributed by atoms with E-state index in [0.29, 0.717) is 18.2 Å². The average molecular weight is 373 g/mol. The second-order valence-electron chi connectivity index (χ2n) is 6.79. The maximum absolute atomic E-state index is 13.0. The molecule has 0 bridgehead atoms. The summed E-state index contributed by atoms with van der Waals surface area (Å²) in [5, 5.41) is 6.89. The summed E-state index contributed by atoms with van der Waals surface area (Å²) < 4.78 is 10.8. The number of carbonyl (C=O) groups excluding carboxylic acids is 1. The zero-order chi connectivity index (χ0) is 19.4.